The molecule has 7 rings (SSSR count). The van der Waals surface area contributed by atoms with Gasteiger partial charge in [-0.1, -0.05) is 79.2 Å². The van der Waals surface area contributed by atoms with Crippen molar-refractivity contribution >= 4 is 47.6 Å². The second-order valence-corrected chi connectivity index (χ2v) is 12.9. The number of rotatable bonds is 9. The molecule has 2 aliphatic heterocycles. The molecule has 0 spiro atoms. The van der Waals surface area contributed by atoms with Gasteiger partial charge in [0.2, 0.25) is 11.8 Å². The Morgan fingerprint density at radius 1 is 0.896 bits per heavy atom. The van der Waals surface area contributed by atoms with Gasteiger partial charge < -0.3 is 20.1 Å². The number of phenols is 1. The molecule has 2 saturated heterocycles. The number of nitrogens with zero attached hydrogens (tertiary/aromatic N) is 1. The first kappa shape index (κ1) is 31.7. The Hall–Kier alpha value is -4.92. The molecule has 2 amide bonds. The van der Waals surface area contributed by atoms with E-state index in [0.717, 1.165) is 45.6 Å². The summed E-state index contributed by atoms with van der Waals surface area (Å²) in [5, 5.41) is 24.5. The summed E-state index contributed by atoms with van der Waals surface area (Å²) in [6.07, 6.45) is 4.50. The van der Waals surface area contributed by atoms with Gasteiger partial charge in [-0.3, -0.25) is 14.5 Å². The van der Waals surface area contributed by atoms with Crippen LogP contribution in [0.3, 0.4) is 0 Å². The molecule has 3 N–H and O–H groups in total. The van der Waals surface area contributed by atoms with Crippen LogP contribution >= 0.6 is 0 Å². The lowest BCUT2D eigenvalue weighted by atomic mass is 9.58. The van der Waals surface area contributed by atoms with Gasteiger partial charge >= 0.3 is 7.12 Å². The number of para-hydroxylation sites is 1. The maximum atomic E-state index is 14.2. The Morgan fingerprint density at radius 2 is 1.60 bits per heavy atom. The molecule has 7 nitrogen and oxygen atoms in total. The fourth-order valence-electron chi connectivity index (χ4n) is 7.79. The molecule has 0 aromatic heterocycles. The lowest BCUT2D eigenvalue weighted by Gasteiger charge is -2.43. The van der Waals surface area contributed by atoms with Crippen molar-refractivity contribution in [3.63, 3.8) is 0 Å². The number of hydrogen-bond donors (Lipinski definition) is 3. The molecule has 8 heteroatoms. The van der Waals surface area contributed by atoms with E-state index in [0.29, 0.717) is 24.9 Å². The fraction of sp³-hybridized carbons (Fsp3) is 0.250. The summed E-state index contributed by atoms with van der Waals surface area (Å²) >= 11 is 0. The molecule has 1 aliphatic carbocycles. The van der Waals surface area contributed by atoms with E-state index >= 15 is 0 Å². The zero-order valence-corrected chi connectivity index (χ0v) is 27.0. The standard InChI is InChI=1S/C40H39BN2O5/c1-2-27-24-34-38(40(46)43(39(34)45)32-19-17-31(18-20-32)42-30-13-7-4-8-14-30)35-25-41(47)48-36(37(27)35)21-16-29(28-11-5-3-6-12-28)22-26-10-9-15-33(44)23-26/h3-15,17-20,22-23,34-36,38,42,44,47H,2,16,21,24-25H2,1H3/b29-22-/t34-,35+,36-,38-/m1/s1. The number of carbonyl (C=O) groups is 2. The highest BCUT2D eigenvalue weighted by Crippen LogP contribution is 2.52. The zero-order chi connectivity index (χ0) is 33.2. The first-order valence-electron chi connectivity index (χ1n) is 16.8. The van der Waals surface area contributed by atoms with Crippen molar-refractivity contribution in [2.45, 2.75) is 45.0 Å². The van der Waals surface area contributed by atoms with E-state index in [-0.39, 0.29) is 35.9 Å². The first-order valence-corrected chi connectivity index (χ1v) is 16.8. The van der Waals surface area contributed by atoms with Crippen LogP contribution in [0.5, 0.6) is 5.75 Å². The van der Waals surface area contributed by atoms with Gasteiger partial charge in [0.1, 0.15) is 5.75 Å². The molecule has 3 aliphatic rings. The highest BCUT2D eigenvalue weighted by Gasteiger charge is 2.57. The predicted molar refractivity (Wildman–Crippen MR) is 190 cm³/mol. The van der Waals surface area contributed by atoms with Gasteiger partial charge in [0.05, 0.1) is 23.6 Å². The number of hydrogen-bond acceptors (Lipinski definition) is 6. The molecule has 4 atom stereocenters. The quantitative estimate of drug-likeness (QED) is 0.0747. The highest BCUT2D eigenvalue weighted by molar-refractivity contribution is 6.43. The van der Waals surface area contributed by atoms with Gasteiger partial charge in [-0.25, -0.2) is 0 Å². The molecule has 0 bridgehead atoms. The molecule has 242 valence electrons. The summed E-state index contributed by atoms with van der Waals surface area (Å²) in [6.45, 7) is 2.09. The number of phenolic OH excluding ortho intramolecular Hbond substituents is 1. The third-order valence-electron chi connectivity index (χ3n) is 9.95. The van der Waals surface area contributed by atoms with Gasteiger partial charge in [0.15, 0.2) is 0 Å². The maximum absolute atomic E-state index is 14.2. The van der Waals surface area contributed by atoms with Crippen molar-refractivity contribution in [2.24, 2.45) is 17.8 Å². The Balaban J connectivity index is 1.14. The maximum Gasteiger partial charge on any atom is 0.455 e. The molecule has 4 aromatic carbocycles. The van der Waals surface area contributed by atoms with Crippen molar-refractivity contribution in [3.05, 3.63) is 131 Å². The van der Waals surface area contributed by atoms with Crippen LogP contribution in [0.2, 0.25) is 6.32 Å². The van der Waals surface area contributed by atoms with Crippen molar-refractivity contribution in [3.8, 4) is 5.75 Å². The predicted octanol–water partition coefficient (Wildman–Crippen LogP) is 7.87. The minimum Gasteiger partial charge on any atom is -0.508 e. The summed E-state index contributed by atoms with van der Waals surface area (Å²) in [7, 11) is -1.03. The molecule has 0 unspecified atom stereocenters. The monoisotopic (exact) mass is 638 g/mol. The van der Waals surface area contributed by atoms with Crippen LogP contribution in [0.1, 0.15) is 43.7 Å². The zero-order valence-electron chi connectivity index (χ0n) is 27.0. The van der Waals surface area contributed by atoms with Crippen LogP contribution in [-0.2, 0) is 14.2 Å². The summed E-state index contributed by atoms with van der Waals surface area (Å²) in [5.41, 5.74) is 7.66. The molecule has 2 heterocycles. The molecular weight excluding hydrogens is 599 g/mol. The molecule has 48 heavy (non-hydrogen) atoms. The van der Waals surface area contributed by atoms with Gasteiger partial charge in [0.25, 0.3) is 0 Å². The van der Waals surface area contributed by atoms with Gasteiger partial charge in [-0.15, -0.1) is 0 Å². The first-order chi connectivity index (χ1) is 23.4. The van der Waals surface area contributed by atoms with E-state index in [9.17, 15) is 19.7 Å². The number of imide groups is 1. The third-order valence-corrected chi connectivity index (χ3v) is 9.95. The van der Waals surface area contributed by atoms with Crippen molar-refractivity contribution < 1.29 is 24.4 Å². The Kier molecular flexibility index (Phi) is 9.02. The molecule has 4 aromatic rings. The summed E-state index contributed by atoms with van der Waals surface area (Å²) in [4.78, 5) is 29.5. The van der Waals surface area contributed by atoms with E-state index in [1.54, 1.807) is 12.1 Å². The van der Waals surface area contributed by atoms with Gasteiger partial charge in [-0.2, -0.15) is 0 Å². The number of benzene rings is 4. The van der Waals surface area contributed by atoms with E-state index in [1.165, 1.54) is 4.90 Å². The number of nitrogens with one attached hydrogen (secondary N) is 1. The van der Waals surface area contributed by atoms with Crippen LogP contribution in [0.25, 0.3) is 11.6 Å². The van der Waals surface area contributed by atoms with Crippen molar-refractivity contribution in [1.29, 1.82) is 0 Å². The molecule has 2 fully saturated rings. The number of amides is 2. The molecule has 0 radical (unpaired) electrons. The minimum absolute atomic E-state index is 0.170. The number of allylic oxidation sites excluding steroid dienone is 2. The Labute approximate surface area is 281 Å². The van der Waals surface area contributed by atoms with Crippen molar-refractivity contribution in [1.82, 2.24) is 0 Å². The second kappa shape index (κ2) is 13.7. The SMILES string of the molecule is CCC1=C2[C@@H](CC/C(=C/c3cccc(O)c3)c3ccccc3)OB(O)C[C@@H]2[C@@H]2C(=O)N(c3ccc(Nc4ccccc4)cc3)C(=O)[C@@H]2C1. The van der Waals surface area contributed by atoms with Crippen LogP contribution in [0.15, 0.2) is 120 Å². The number of aromatic hydroxyl groups is 1. The van der Waals surface area contributed by atoms with Crippen LogP contribution in [0.4, 0.5) is 17.1 Å². The van der Waals surface area contributed by atoms with E-state index in [2.05, 4.69) is 30.4 Å². The lowest BCUT2D eigenvalue weighted by molar-refractivity contribution is -0.122. The number of carbonyl (C=O) groups excluding carboxylic acids is 2. The summed E-state index contributed by atoms with van der Waals surface area (Å²) < 4.78 is 6.24. The number of anilines is 3. The number of fused-ring (bicyclic) bond motifs is 3. The molecular formula is C40H39BN2O5. The summed E-state index contributed by atoms with van der Waals surface area (Å²) in [5.74, 6) is -1.44. The summed E-state index contributed by atoms with van der Waals surface area (Å²) in [6, 6.07) is 34.5. The Morgan fingerprint density at radius 3 is 2.31 bits per heavy atom. The highest BCUT2D eigenvalue weighted by atomic mass is 16.5. The normalized spacial score (nSPS) is 22.5. The fourth-order valence-corrected chi connectivity index (χ4v) is 7.79. The van der Waals surface area contributed by atoms with Crippen molar-refractivity contribution in [2.75, 3.05) is 10.2 Å². The van der Waals surface area contributed by atoms with Gasteiger partial charge in [0, 0.05) is 11.4 Å². The van der Waals surface area contributed by atoms with Gasteiger partial charge in [-0.05, 0) is 109 Å². The smallest absolute Gasteiger partial charge is 0.455 e. The average molecular weight is 639 g/mol. The average Bonchev–Trinajstić information content (AvgIpc) is 3.36. The van der Waals surface area contributed by atoms with Crippen LogP contribution in [0, 0.1) is 17.8 Å². The van der Waals surface area contributed by atoms with Crippen LogP contribution in [-0.4, -0.2) is 35.2 Å². The largest absolute Gasteiger partial charge is 0.508 e. The second-order valence-electron chi connectivity index (χ2n) is 12.9. The lowest BCUT2D eigenvalue weighted by Crippen LogP contribution is -2.46. The van der Waals surface area contributed by atoms with E-state index in [4.69, 9.17) is 4.65 Å². The Bertz CT molecular complexity index is 1860. The minimum atomic E-state index is -1.03. The topological polar surface area (TPSA) is 99.1 Å². The van der Waals surface area contributed by atoms with Crippen LogP contribution < -0.4 is 10.2 Å². The third kappa shape index (κ3) is 6.33. The van der Waals surface area contributed by atoms with E-state index in [1.807, 2.05) is 84.9 Å². The van der Waals surface area contributed by atoms with E-state index < -0.39 is 19.0 Å². The molecule has 0 saturated carbocycles.